The maximum absolute atomic E-state index is 2.43. The lowest BCUT2D eigenvalue weighted by Crippen LogP contribution is -1.91. The van der Waals surface area contributed by atoms with Crippen molar-refractivity contribution in [3.05, 3.63) is 255 Å². The van der Waals surface area contributed by atoms with Crippen molar-refractivity contribution in [2.45, 2.75) is 0 Å². The molecular weight excluding hydrogens is 865 g/mol. The first-order valence-corrected chi connectivity index (χ1v) is 25.1. The smallest absolute Gasteiger partial charge is 0.00204 e. The summed E-state index contributed by atoms with van der Waals surface area (Å²) in [4.78, 5) is 0. The van der Waals surface area contributed by atoms with Crippen molar-refractivity contribution in [2.24, 2.45) is 0 Å². The van der Waals surface area contributed by atoms with E-state index >= 15 is 0 Å². The molecule has 0 spiro atoms. The summed E-state index contributed by atoms with van der Waals surface area (Å²) in [5, 5.41) is 30.4. The molecular formula is C72H42. The first-order chi connectivity index (χ1) is 35.7. The van der Waals surface area contributed by atoms with Gasteiger partial charge in [-0.3, -0.25) is 0 Å². The summed E-state index contributed by atoms with van der Waals surface area (Å²) < 4.78 is 0. The van der Waals surface area contributed by atoms with E-state index in [1.165, 1.54) is 163 Å². The molecule has 16 aromatic carbocycles. The van der Waals surface area contributed by atoms with Gasteiger partial charge in [0.25, 0.3) is 0 Å². The van der Waals surface area contributed by atoms with Gasteiger partial charge in [-0.15, -0.1) is 0 Å². The maximum Gasteiger partial charge on any atom is -0.00204 e. The zero-order valence-electron chi connectivity index (χ0n) is 39.2. The Kier molecular flexibility index (Phi) is 8.26. The molecule has 0 nitrogen and oxygen atoms in total. The third-order valence-corrected chi connectivity index (χ3v) is 16.1. The van der Waals surface area contributed by atoms with E-state index in [1.807, 2.05) is 0 Å². The zero-order valence-corrected chi connectivity index (χ0v) is 39.2. The molecule has 0 heteroatoms. The van der Waals surface area contributed by atoms with E-state index in [9.17, 15) is 0 Å². The second kappa shape index (κ2) is 15.1. The molecule has 0 fully saturated rings. The van der Waals surface area contributed by atoms with Crippen molar-refractivity contribution in [1.29, 1.82) is 0 Å². The topological polar surface area (TPSA) is 0 Å². The Balaban J connectivity index is 0.906. The van der Waals surface area contributed by atoms with Gasteiger partial charge in [-0.25, -0.2) is 0 Å². The van der Waals surface area contributed by atoms with Gasteiger partial charge in [-0.05, 0) is 199 Å². The summed E-state index contributed by atoms with van der Waals surface area (Å²) in [5.41, 5.74) is 7.58. The molecule has 16 aromatic rings. The Morgan fingerprint density at radius 1 is 0.125 bits per heavy atom. The van der Waals surface area contributed by atoms with Crippen LogP contribution in [0.1, 0.15) is 0 Å². The average Bonchev–Trinajstić information content (AvgIpc) is 3.44. The fraction of sp³-hybridized carbons (Fsp3) is 0. The third-order valence-electron chi connectivity index (χ3n) is 16.1. The van der Waals surface area contributed by atoms with Crippen molar-refractivity contribution in [3.8, 4) is 33.4 Å². The molecule has 0 aliphatic carbocycles. The number of hydrogen-bond acceptors (Lipinski definition) is 0. The standard InChI is InChI=1S/C72H42/c1-3-15-45-39-67-49(37-43(45)13-1)29-31-61-55(67)23-11-27-63(61)71-51-19-7-5-17-47(51)41-69-57-25-9-21-53(59(57)33-35-65(69)71)54-22-10-26-58-60(54)34-36-66-70(58)42-48-18-6-8-20-52(48)72(66)64-28-12-24-56-62(64)32-30-50-38-44-14-2-4-16-46(44)40-68(50)56/h1-42H. The van der Waals surface area contributed by atoms with Gasteiger partial charge < -0.3 is 0 Å². The summed E-state index contributed by atoms with van der Waals surface area (Å²) >= 11 is 0. The molecule has 0 aromatic heterocycles. The molecule has 0 radical (unpaired) electrons. The minimum Gasteiger partial charge on any atom is -0.0616 e. The predicted molar refractivity (Wildman–Crippen MR) is 313 cm³/mol. The number of benzene rings is 16. The van der Waals surface area contributed by atoms with Gasteiger partial charge in [-0.1, -0.05) is 218 Å². The van der Waals surface area contributed by atoms with Crippen molar-refractivity contribution in [3.63, 3.8) is 0 Å². The summed E-state index contributed by atoms with van der Waals surface area (Å²) in [7, 11) is 0. The number of rotatable bonds is 3. The van der Waals surface area contributed by atoms with Crippen LogP contribution in [0.25, 0.3) is 163 Å². The van der Waals surface area contributed by atoms with E-state index in [0.717, 1.165) is 0 Å². The molecule has 0 heterocycles. The largest absolute Gasteiger partial charge is 0.0616 e. The molecule has 0 saturated carbocycles. The summed E-state index contributed by atoms with van der Waals surface area (Å²) in [6.07, 6.45) is 0. The lowest BCUT2D eigenvalue weighted by atomic mass is 9.84. The van der Waals surface area contributed by atoms with E-state index in [0.29, 0.717) is 0 Å². The molecule has 72 heavy (non-hydrogen) atoms. The van der Waals surface area contributed by atoms with Crippen LogP contribution in [-0.2, 0) is 0 Å². The highest BCUT2D eigenvalue weighted by atomic mass is 14.2. The van der Waals surface area contributed by atoms with Crippen LogP contribution in [0.5, 0.6) is 0 Å². The highest BCUT2D eigenvalue weighted by Gasteiger charge is 2.20. The normalized spacial score (nSPS) is 12.2. The second-order valence-corrected chi connectivity index (χ2v) is 19.8. The fourth-order valence-corrected chi connectivity index (χ4v) is 12.9. The molecule has 0 saturated heterocycles. The SMILES string of the molecule is c1ccc2cc3c(ccc4c(-c5c6ccccc6cc6c5ccc5c(-c7cccc8c7ccc7c(-c9cccc%10c9ccc9cc%11ccccc%11cc9%10)c9ccccc9cc78)cccc56)cccc43)cc2c1. The highest BCUT2D eigenvalue weighted by Crippen LogP contribution is 2.48. The van der Waals surface area contributed by atoms with E-state index in [-0.39, 0.29) is 0 Å². The molecule has 0 aliphatic heterocycles. The van der Waals surface area contributed by atoms with Crippen LogP contribution >= 0.6 is 0 Å². The molecule has 0 amide bonds. The monoisotopic (exact) mass is 906 g/mol. The van der Waals surface area contributed by atoms with Crippen LogP contribution in [0, 0.1) is 0 Å². The fourth-order valence-electron chi connectivity index (χ4n) is 12.9. The lowest BCUT2D eigenvalue weighted by Gasteiger charge is -2.19. The third kappa shape index (κ3) is 5.69. The summed E-state index contributed by atoms with van der Waals surface area (Å²) in [6.45, 7) is 0. The van der Waals surface area contributed by atoms with Crippen LogP contribution in [0.2, 0.25) is 0 Å². The minimum atomic E-state index is 1.24. The molecule has 0 unspecified atom stereocenters. The predicted octanol–water partition coefficient (Wildman–Crippen LogP) is 20.5. The zero-order chi connectivity index (χ0) is 47.0. The molecule has 0 aliphatic rings. The van der Waals surface area contributed by atoms with Gasteiger partial charge in [-0.2, -0.15) is 0 Å². The van der Waals surface area contributed by atoms with Crippen LogP contribution in [0.4, 0.5) is 0 Å². The molecule has 0 atom stereocenters. The Morgan fingerprint density at radius 3 is 0.833 bits per heavy atom. The Labute approximate surface area is 415 Å². The molecule has 0 bridgehead atoms. The maximum atomic E-state index is 2.43. The van der Waals surface area contributed by atoms with Gasteiger partial charge >= 0.3 is 0 Å². The van der Waals surface area contributed by atoms with Gasteiger partial charge in [0.2, 0.25) is 0 Å². The number of hydrogen-bond donors (Lipinski definition) is 0. The van der Waals surface area contributed by atoms with Crippen molar-refractivity contribution >= 4 is 129 Å². The molecule has 16 rings (SSSR count). The Bertz CT molecular complexity index is 4710. The van der Waals surface area contributed by atoms with Gasteiger partial charge in [0.1, 0.15) is 0 Å². The van der Waals surface area contributed by atoms with Crippen molar-refractivity contribution < 1.29 is 0 Å². The van der Waals surface area contributed by atoms with Gasteiger partial charge in [0, 0.05) is 0 Å². The Morgan fingerprint density at radius 2 is 0.403 bits per heavy atom. The van der Waals surface area contributed by atoms with Crippen LogP contribution in [0.3, 0.4) is 0 Å². The van der Waals surface area contributed by atoms with E-state index in [4.69, 9.17) is 0 Å². The van der Waals surface area contributed by atoms with E-state index in [1.54, 1.807) is 0 Å². The minimum absolute atomic E-state index is 1.24. The highest BCUT2D eigenvalue weighted by molar-refractivity contribution is 6.28. The second-order valence-electron chi connectivity index (χ2n) is 19.8. The van der Waals surface area contributed by atoms with Gasteiger partial charge in [0.15, 0.2) is 0 Å². The van der Waals surface area contributed by atoms with E-state index in [2.05, 4.69) is 255 Å². The van der Waals surface area contributed by atoms with Crippen LogP contribution in [0.15, 0.2) is 255 Å². The Hall–Kier alpha value is -9.36. The van der Waals surface area contributed by atoms with Crippen LogP contribution < -0.4 is 0 Å². The average molecular weight is 907 g/mol. The molecule has 330 valence electrons. The molecule has 0 N–H and O–H groups in total. The van der Waals surface area contributed by atoms with Gasteiger partial charge in [0.05, 0.1) is 0 Å². The first-order valence-electron chi connectivity index (χ1n) is 25.1. The first kappa shape index (κ1) is 39.5. The van der Waals surface area contributed by atoms with Crippen LogP contribution in [-0.4, -0.2) is 0 Å². The quantitative estimate of drug-likeness (QED) is 0.122. The summed E-state index contributed by atoms with van der Waals surface area (Å²) in [5.74, 6) is 0. The number of fused-ring (bicyclic) bond motifs is 16. The lowest BCUT2D eigenvalue weighted by molar-refractivity contribution is 1.70. The van der Waals surface area contributed by atoms with Crippen molar-refractivity contribution in [1.82, 2.24) is 0 Å². The van der Waals surface area contributed by atoms with E-state index < -0.39 is 0 Å². The summed E-state index contributed by atoms with van der Waals surface area (Å²) in [6, 6.07) is 96.0. The van der Waals surface area contributed by atoms with Crippen molar-refractivity contribution in [2.75, 3.05) is 0 Å².